The van der Waals surface area contributed by atoms with Gasteiger partial charge in [0.1, 0.15) is 0 Å². The zero-order chi connectivity index (χ0) is 12.1. The van der Waals surface area contributed by atoms with Gasteiger partial charge in [0.2, 0.25) is 5.91 Å². The molecule has 0 aromatic carbocycles. The van der Waals surface area contributed by atoms with Crippen molar-refractivity contribution in [3.8, 4) is 0 Å². The summed E-state index contributed by atoms with van der Waals surface area (Å²) in [5, 5.41) is 6.03. The summed E-state index contributed by atoms with van der Waals surface area (Å²) in [5.74, 6) is 0.0621. The van der Waals surface area contributed by atoms with Crippen LogP contribution in [0.5, 0.6) is 0 Å². The van der Waals surface area contributed by atoms with Gasteiger partial charge in [-0.3, -0.25) is 4.79 Å². The zero-order valence-electron chi connectivity index (χ0n) is 10.4. The van der Waals surface area contributed by atoms with Gasteiger partial charge in [-0.05, 0) is 39.3 Å². The molecule has 4 heteroatoms. The fourth-order valence-corrected chi connectivity index (χ4v) is 2.49. The lowest BCUT2D eigenvalue weighted by Gasteiger charge is -2.12. The third kappa shape index (κ3) is 3.61. The van der Waals surface area contributed by atoms with Gasteiger partial charge >= 0.3 is 0 Å². The maximum Gasteiger partial charge on any atom is 0.236 e. The van der Waals surface area contributed by atoms with Gasteiger partial charge in [0.25, 0.3) is 0 Å². The molecule has 1 atom stereocenters. The van der Waals surface area contributed by atoms with Crippen LogP contribution < -0.4 is 10.6 Å². The number of thiophene rings is 1. The Bertz CT molecular complexity index is 360. The van der Waals surface area contributed by atoms with Gasteiger partial charge in [0.05, 0.1) is 6.04 Å². The maximum absolute atomic E-state index is 11.5. The first-order valence-electron chi connectivity index (χ1n) is 5.61. The van der Waals surface area contributed by atoms with E-state index in [1.807, 2.05) is 13.8 Å². The van der Waals surface area contributed by atoms with Crippen molar-refractivity contribution in [1.29, 1.82) is 0 Å². The Kier molecular flexibility index (Phi) is 4.96. The Morgan fingerprint density at radius 2 is 2.19 bits per heavy atom. The fraction of sp³-hybridized carbons (Fsp3) is 0.583. The number of likely N-dealkylation sites (N-methyl/N-ethyl adjacent to an activating group) is 1. The topological polar surface area (TPSA) is 41.1 Å². The molecule has 1 unspecified atom stereocenters. The summed E-state index contributed by atoms with van der Waals surface area (Å²) in [6.07, 6.45) is 0. The van der Waals surface area contributed by atoms with Crippen molar-refractivity contribution in [2.24, 2.45) is 0 Å². The van der Waals surface area contributed by atoms with Crippen LogP contribution in [0.2, 0.25) is 0 Å². The first kappa shape index (κ1) is 13.2. The Morgan fingerprint density at radius 1 is 1.50 bits per heavy atom. The molecule has 1 heterocycles. The van der Waals surface area contributed by atoms with Crippen LogP contribution in [-0.4, -0.2) is 18.5 Å². The SMILES string of the molecule is CCNC(=O)C(C)NCc1cc(C)sc1C. The predicted molar refractivity (Wildman–Crippen MR) is 68.8 cm³/mol. The van der Waals surface area contributed by atoms with E-state index in [0.717, 1.165) is 6.54 Å². The van der Waals surface area contributed by atoms with E-state index in [2.05, 4.69) is 30.5 Å². The largest absolute Gasteiger partial charge is 0.355 e. The molecular weight excluding hydrogens is 220 g/mol. The van der Waals surface area contributed by atoms with Crippen LogP contribution in [0.4, 0.5) is 0 Å². The first-order chi connectivity index (χ1) is 7.54. The summed E-state index contributed by atoms with van der Waals surface area (Å²) >= 11 is 1.80. The molecule has 0 bridgehead atoms. The number of amides is 1. The van der Waals surface area contributed by atoms with Gasteiger partial charge in [-0.15, -0.1) is 11.3 Å². The molecular formula is C12H20N2OS. The number of hydrogen-bond donors (Lipinski definition) is 2. The van der Waals surface area contributed by atoms with Crippen LogP contribution in [0.3, 0.4) is 0 Å². The molecule has 1 aromatic rings. The second kappa shape index (κ2) is 6.01. The molecule has 0 aliphatic carbocycles. The summed E-state index contributed by atoms with van der Waals surface area (Å²) in [6, 6.07) is 2.04. The van der Waals surface area contributed by atoms with Crippen molar-refractivity contribution >= 4 is 17.2 Å². The minimum Gasteiger partial charge on any atom is -0.355 e. The van der Waals surface area contributed by atoms with Crippen molar-refractivity contribution in [1.82, 2.24) is 10.6 Å². The maximum atomic E-state index is 11.5. The Morgan fingerprint density at radius 3 is 2.69 bits per heavy atom. The molecule has 0 saturated carbocycles. The minimum absolute atomic E-state index is 0.0621. The Balaban J connectivity index is 2.45. The molecule has 0 aliphatic heterocycles. The molecule has 0 aliphatic rings. The summed E-state index contributed by atoms with van der Waals surface area (Å²) < 4.78 is 0. The molecule has 1 rings (SSSR count). The number of carbonyl (C=O) groups excluding carboxylic acids is 1. The molecule has 3 nitrogen and oxygen atoms in total. The van der Waals surface area contributed by atoms with Gasteiger partial charge < -0.3 is 10.6 Å². The average Bonchev–Trinajstić information content (AvgIpc) is 2.54. The molecule has 0 radical (unpaired) electrons. The van der Waals surface area contributed by atoms with E-state index >= 15 is 0 Å². The standard InChI is InChI=1S/C12H20N2OS/c1-5-13-12(15)9(3)14-7-11-6-8(2)16-10(11)4/h6,9,14H,5,7H2,1-4H3,(H,13,15). The van der Waals surface area contributed by atoms with Crippen molar-refractivity contribution < 1.29 is 4.79 Å². The van der Waals surface area contributed by atoms with E-state index in [9.17, 15) is 4.79 Å². The van der Waals surface area contributed by atoms with Crippen molar-refractivity contribution in [2.75, 3.05) is 6.54 Å². The lowest BCUT2D eigenvalue weighted by molar-refractivity contribution is -0.122. The van der Waals surface area contributed by atoms with Gasteiger partial charge in [-0.25, -0.2) is 0 Å². The van der Waals surface area contributed by atoms with Gasteiger partial charge in [-0.1, -0.05) is 0 Å². The quantitative estimate of drug-likeness (QED) is 0.826. The average molecular weight is 240 g/mol. The van der Waals surface area contributed by atoms with E-state index < -0.39 is 0 Å². The highest BCUT2D eigenvalue weighted by atomic mass is 32.1. The number of aryl methyl sites for hydroxylation is 2. The summed E-state index contributed by atoms with van der Waals surface area (Å²) in [4.78, 5) is 14.1. The summed E-state index contributed by atoms with van der Waals surface area (Å²) in [5.41, 5.74) is 1.29. The highest BCUT2D eigenvalue weighted by Crippen LogP contribution is 2.20. The lowest BCUT2D eigenvalue weighted by atomic mass is 10.2. The first-order valence-corrected chi connectivity index (χ1v) is 6.43. The molecule has 0 saturated heterocycles. The van der Waals surface area contributed by atoms with E-state index in [-0.39, 0.29) is 11.9 Å². The van der Waals surface area contributed by atoms with E-state index in [1.165, 1.54) is 15.3 Å². The van der Waals surface area contributed by atoms with Crippen molar-refractivity contribution in [3.63, 3.8) is 0 Å². The van der Waals surface area contributed by atoms with Gasteiger partial charge in [0, 0.05) is 22.8 Å². The predicted octanol–water partition coefficient (Wildman–Crippen LogP) is 1.98. The number of rotatable bonds is 5. The minimum atomic E-state index is -0.139. The monoisotopic (exact) mass is 240 g/mol. The van der Waals surface area contributed by atoms with Crippen molar-refractivity contribution in [3.05, 3.63) is 21.4 Å². The lowest BCUT2D eigenvalue weighted by Crippen LogP contribution is -2.41. The third-order valence-corrected chi connectivity index (χ3v) is 3.49. The van der Waals surface area contributed by atoms with E-state index in [1.54, 1.807) is 11.3 Å². The van der Waals surface area contributed by atoms with Gasteiger partial charge in [0.15, 0.2) is 0 Å². The highest BCUT2D eigenvalue weighted by molar-refractivity contribution is 7.12. The van der Waals surface area contributed by atoms with E-state index in [0.29, 0.717) is 6.54 Å². The van der Waals surface area contributed by atoms with Crippen LogP contribution in [0.25, 0.3) is 0 Å². The second-order valence-electron chi connectivity index (χ2n) is 3.94. The molecule has 1 aromatic heterocycles. The molecule has 16 heavy (non-hydrogen) atoms. The van der Waals surface area contributed by atoms with Crippen LogP contribution in [0.1, 0.15) is 29.2 Å². The smallest absolute Gasteiger partial charge is 0.236 e. The Hall–Kier alpha value is -0.870. The number of nitrogens with one attached hydrogen (secondary N) is 2. The summed E-state index contributed by atoms with van der Waals surface area (Å²) in [7, 11) is 0. The zero-order valence-corrected chi connectivity index (χ0v) is 11.2. The normalized spacial score (nSPS) is 12.5. The summed E-state index contributed by atoms with van der Waals surface area (Å²) in [6.45, 7) is 9.48. The fourth-order valence-electron chi connectivity index (χ4n) is 1.54. The molecule has 0 fully saturated rings. The molecule has 90 valence electrons. The Labute approximate surface area is 101 Å². The van der Waals surface area contributed by atoms with Crippen LogP contribution in [0, 0.1) is 13.8 Å². The highest BCUT2D eigenvalue weighted by Gasteiger charge is 2.11. The molecule has 2 N–H and O–H groups in total. The second-order valence-corrected chi connectivity index (χ2v) is 5.40. The number of hydrogen-bond acceptors (Lipinski definition) is 3. The van der Waals surface area contributed by atoms with Crippen molar-refractivity contribution in [2.45, 2.75) is 40.3 Å². The molecule has 0 spiro atoms. The van der Waals surface area contributed by atoms with Gasteiger partial charge in [-0.2, -0.15) is 0 Å². The van der Waals surface area contributed by atoms with Crippen LogP contribution in [-0.2, 0) is 11.3 Å². The number of carbonyl (C=O) groups is 1. The van der Waals surface area contributed by atoms with Crippen LogP contribution >= 0.6 is 11.3 Å². The van der Waals surface area contributed by atoms with E-state index in [4.69, 9.17) is 0 Å². The molecule has 1 amide bonds. The third-order valence-electron chi connectivity index (χ3n) is 2.49. The van der Waals surface area contributed by atoms with Crippen LogP contribution in [0.15, 0.2) is 6.07 Å².